The molecule has 2 heterocycles. The Bertz CT molecular complexity index is 713. The molecule has 1 aromatic carbocycles. The second kappa shape index (κ2) is 3.59. The normalized spacial score (nSPS) is 19.2. The lowest BCUT2D eigenvalue weighted by atomic mass is 9.96. The third kappa shape index (κ3) is 1.52. The molecule has 0 atom stereocenters. The van der Waals surface area contributed by atoms with Crippen LogP contribution in [0.15, 0.2) is 12.1 Å². The summed E-state index contributed by atoms with van der Waals surface area (Å²) in [6.07, 6.45) is 2.27. The van der Waals surface area contributed by atoms with E-state index in [0.29, 0.717) is 5.92 Å². The van der Waals surface area contributed by atoms with Crippen LogP contribution in [0.2, 0.25) is 0 Å². The van der Waals surface area contributed by atoms with Gasteiger partial charge in [-0.05, 0) is 57.2 Å². The minimum Gasteiger partial charge on any atom is -0.371 e. The summed E-state index contributed by atoms with van der Waals surface area (Å²) in [6.45, 7) is 6.02. The molecular formula is C15H17FN4. The third-order valence-corrected chi connectivity index (χ3v) is 4.18. The molecule has 1 fully saturated rings. The molecule has 0 bridgehead atoms. The highest BCUT2D eigenvalue weighted by molar-refractivity contribution is 5.70. The van der Waals surface area contributed by atoms with E-state index in [0.717, 1.165) is 41.4 Å². The van der Waals surface area contributed by atoms with Gasteiger partial charge in [0.2, 0.25) is 0 Å². The average molecular weight is 272 g/mol. The summed E-state index contributed by atoms with van der Waals surface area (Å²) < 4.78 is 16.0. The number of aromatic nitrogens is 3. The van der Waals surface area contributed by atoms with Crippen LogP contribution < -0.4 is 5.32 Å². The van der Waals surface area contributed by atoms with Crippen LogP contribution in [0.1, 0.15) is 49.8 Å². The van der Waals surface area contributed by atoms with Crippen LogP contribution in [-0.2, 0) is 5.54 Å². The summed E-state index contributed by atoms with van der Waals surface area (Å²) in [5.74, 6) is 2.03. The second-order valence-electron chi connectivity index (χ2n) is 6.32. The second-order valence-corrected chi connectivity index (χ2v) is 6.32. The molecule has 0 radical (unpaired) electrons. The van der Waals surface area contributed by atoms with Gasteiger partial charge in [0, 0.05) is 0 Å². The molecule has 20 heavy (non-hydrogen) atoms. The molecule has 1 saturated carbocycles. The Balaban J connectivity index is 2.06. The fraction of sp³-hybridized carbons (Fsp3) is 0.467. The van der Waals surface area contributed by atoms with Gasteiger partial charge in [-0.3, -0.25) is 4.57 Å². The van der Waals surface area contributed by atoms with Gasteiger partial charge in [-0.15, -0.1) is 10.2 Å². The maximum atomic E-state index is 13.9. The van der Waals surface area contributed by atoms with Crippen LogP contribution in [0.5, 0.6) is 0 Å². The largest absolute Gasteiger partial charge is 0.371 e. The third-order valence-electron chi connectivity index (χ3n) is 4.18. The van der Waals surface area contributed by atoms with E-state index in [2.05, 4.69) is 20.1 Å². The van der Waals surface area contributed by atoms with Gasteiger partial charge in [-0.2, -0.15) is 0 Å². The first-order chi connectivity index (χ1) is 9.47. The number of benzene rings is 1. The van der Waals surface area contributed by atoms with Crippen molar-refractivity contribution in [3.63, 3.8) is 0 Å². The Hall–Kier alpha value is -1.91. The highest BCUT2D eigenvalue weighted by Gasteiger charge is 2.38. The summed E-state index contributed by atoms with van der Waals surface area (Å²) in [4.78, 5) is 0. The summed E-state index contributed by atoms with van der Waals surface area (Å²) in [7, 11) is 0. The van der Waals surface area contributed by atoms with Crippen molar-refractivity contribution in [2.24, 2.45) is 0 Å². The maximum absolute atomic E-state index is 13.9. The van der Waals surface area contributed by atoms with Crippen LogP contribution in [0, 0.1) is 12.7 Å². The Kier molecular flexibility index (Phi) is 2.13. The Morgan fingerprint density at radius 3 is 2.75 bits per heavy atom. The van der Waals surface area contributed by atoms with Gasteiger partial charge in [0.1, 0.15) is 11.6 Å². The molecule has 5 heteroatoms. The van der Waals surface area contributed by atoms with Crippen molar-refractivity contribution in [1.82, 2.24) is 14.8 Å². The molecule has 1 aromatic heterocycles. The molecule has 0 unspecified atom stereocenters. The van der Waals surface area contributed by atoms with E-state index >= 15 is 0 Å². The zero-order chi connectivity index (χ0) is 14.1. The van der Waals surface area contributed by atoms with Crippen molar-refractivity contribution in [3.8, 4) is 5.69 Å². The standard InChI is InChI=1S/C15H17FN4/c1-8-18-19-14-15(2,3)17-12-7-10(16)6-11(9-4-5-9)13(12)20(8)14/h6-7,9,17H,4-5H2,1-3H3. The van der Waals surface area contributed by atoms with Crippen LogP contribution in [-0.4, -0.2) is 14.8 Å². The zero-order valence-corrected chi connectivity index (χ0v) is 11.9. The van der Waals surface area contributed by atoms with Crippen molar-refractivity contribution in [2.75, 3.05) is 5.32 Å². The van der Waals surface area contributed by atoms with E-state index < -0.39 is 0 Å². The summed E-state index contributed by atoms with van der Waals surface area (Å²) in [5.41, 5.74) is 2.59. The molecular weight excluding hydrogens is 255 g/mol. The lowest BCUT2D eigenvalue weighted by Gasteiger charge is -2.35. The SMILES string of the molecule is Cc1nnc2n1-c1c(cc(F)cc1C1CC1)NC2(C)C. The van der Waals surface area contributed by atoms with Gasteiger partial charge < -0.3 is 5.32 Å². The molecule has 0 amide bonds. The molecule has 1 aliphatic carbocycles. The van der Waals surface area contributed by atoms with Gasteiger partial charge in [-0.1, -0.05) is 0 Å². The van der Waals surface area contributed by atoms with E-state index in [-0.39, 0.29) is 11.4 Å². The van der Waals surface area contributed by atoms with Crippen LogP contribution >= 0.6 is 0 Å². The van der Waals surface area contributed by atoms with Crippen LogP contribution in [0.3, 0.4) is 0 Å². The monoisotopic (exact) mass is 272 g/mol. The van der Waals surface area contributed by atoms with Gasteiger partial charge in [-0.25, -0.2) is 4.39 Å². The fourth-order valence-electron chi connectivity index (χ4n) is 3.10. The number of nitrogens with one attached hydrogen (secondary N) is 1. The lowest BCUT2D eigenvalue weighted by Crippen LogP contribution is -2.36. The van der Waals surface area contributed by atoms with Crippen molar-refractivity contribution in [1.29, 1.82) is 0 Å². The van der Waals surface area contributed by atoms with Crippen molar-refractivity contribution in [2.45, 2.75) is 45.1 Å². The number of hydrogen-bond donors (Lipinski definition) is 1. The molecule has 0 spiro atoms. The number of halogens is 1. The Morgan fingerprint density at radius 1 is 1.30 bits per heavy atom. The topological polar surface area (TPSA) is 42.7 Å². The van der Waals surface area contributed by atoms with Crippen LogP contribution in [0.4, 0.5) is 10.1 Å². The summed E-state index contributed by atoms with van der Waals surface area (Å²) in [5, 5.41) is 11.9. The molecule has 2 aliphatic rings. The highest BCUT2D eigenvalue weighted by Crippen LogP contribution is 2.48. The molecule has 1 aliphatic heterocycles. The average Bonchev–Trinajstić information content (AvgIpc) is 3.12. The van der Waals surface area contributed by atoms with E-state index in [1.54, 1.807) is 12.1 Å². The lowest BCUT2D eigenvalue weighted by molar-refractivity contribution is 0.531. The minimum atomic E-state index is -0.358. The number of anilines is 1. The number of hydrogen-bond acceptors (Lipinski definition) is 3. The van der Waals surface area contributed by atoms with E-state index in [4.69, 9.17) is 0 Å². The summed E-state index contributed by atoms with van der Waals surface area (Å²) in [6, 6.07) is 3.24. The molecule has 1 N–H and O–H groups in total. The Labute approximate surface area is 117 Å². The van der Waals surface area contributed by atoms with Crippen molar-refractivity contribution in [3.05, 3.63) is 35.2 Å². The van der Waals surface area contributed by atoms with Gasteiger partial charge >= 0.3 is 0 Å². The minimum absolute atomic E-state index is 0.178. The molecule has 4 nitrogen and oxygen atoms in total. The maximum Gasteiger partial charge on any atom is 0.162 e. The number of nitrogens with zero attached hydrogens (tertiary/aromatic N) is 3. The quantitative estimate of drug-likeness (QED) is 0.866. The van der Waals surface area contributed by atoms with Gasteiger partial charge in [0.05, 0.1) is 16.9 Å². The van der Waals surface area contributed by atoms with E-state index in [9.17, 15) is 4.39 Å². The summed E-state index contributed by atoms with van der Waals surface area (Å²) >= 11 is 0. The van der Waals surface area contributed by atoms with E-state index in [1.807, 2.05) is 20.8 Å². The number of aryl methyl sites for hydroxylation is 1. The predicted octanol–water partition coefficient (Wildman–Crippen LogP) is 3.25. The Morgan fingerprint density at radius 2 is 2.05 bits per heavy atom. The fourth-order valence-corrected chi connectivity index (χ4v) is 3.10. The van der Waals surface area contributed by atoms with Crippen molar-refractivity contribution >= 4 is 5.69 Å². The number of rotatable bonds is 1. The number of fused-ring (bicyclic) bond motifs is 3. The van der Waals surface area contributed by atoms with Crippen LogP contribution in [0.25, 0.3) is 5.69 Å². The molecule has 2 aromatic rings. The highest BCUT2D eigenvalue weighted by atomic mass is 19.1. The predicted molar refractivity (Wildman–Crippen MR) is 74.7 cm³/mol. The van der Waals surface area contributed by atoms with Gasteiger partial charge in [0.25, 0.3) is 0 Å². The molecule has 0 saturated heterocycles. The van der Waals surface area contributed by atoms with Gasteiger partial charge in [0.15, 0.2) is 5.82 Å². The first-order valence-corrected chi connectivity index (χ1v) is 7.02. The smallest absolute Gasteiger partial charge is 0.162 e. The zero-order valence-electron chi connectivity index (χ0n) is 11.9. The van der Waals surface area contributed by atoms with E-state index in [1.165, 1.54) is 0 Å². The molecule has 104 valence electrons. The first-order valence-electron chi connectivity index (χ1n) is 7.02. The molecule has 4 rings (SSSR count). The first kappa shape index (κ1) is 11.9. The van der Waals surface area contributed by atoms with Crippen molar-refractivity contribution < 1.29 is 4.39 Å².